The monoisotopic (exact) mass is 856 g/mol. The molecule has 0 bridgehead atoms. The summed E-state index contributed by atoms with van der Waals surface area (Å²) >= 11 is 0. The maximum atomic E-state index is 14.7. The van der Waals surface area contributed by atoms with E-state index in [0.717, 1.165) is 37.8 Å². The van der Waals surface area contributed by atoms with E-state index >= 15 is 0 Å². The first-order valence-corrected chi connectivity index (χ1v) is 22.4. The van der Waals surface area contributed by atoms with Crippen LogP contribution in [0.1, 0.15) is 115 Å². The Labute approximate surface area is 349 Å². The normalized spacial score (nSPS) is 19.2. The van der Waals surface area contributed by atoms with Gasteiger partial charge < -0.3 is 24.8 Å². The average Bonchev–Trinajstić information content (AvgIpc) is 3.79. The minimum Gasteiger partial charge on any atom is -0.465 e. The van der Waals surface area contributed by atoms with Gasteiger partial charge in [-0.3, -0.25) is 13.9 Å². The molecule has 4 aromatic rings. The smallest absolute Gasteiger partial charge is 0.459 e. The van der Waals surface area contributed by atoms with Crippen molar-refractivity contribution in [3.63, 3.8) is 0 Å². The number of hydrogen-bond acceptors (Lipinski definition) is 11. The molecule has 1 unspecified atom stereocenters. The number of nitrogens with zero attached hydrogens (tertiary/aromatic N) is 4. The number of para-hydroxylation sites is 1. The van der Waals surface area contributed by atoms with Gasteiger partial charge in [0.1, 0.15) is 42.4 Å². The molecule has 326 valence electrons. The molecule has 4 N–H and O–H groups in total. The number of imidazole rings is 1. The summed E-state index contributed by atoms with van der Waals surface area (Å²) in [5, 5.41) is 13.9. The Hall–Kier alpha value is -4.52. The Morgan fingerprint density at radius 3 is 2.23 bits per heavy atom. The zero-order valence-electron chi connectivity index (χ0n) is 34.1. The van der Waals surface area contributed by atoms with E-state index < -0.39 is 62.0 Å². The van der Waals surface area contributed by atoms with Gasteiger partial charge in [0.2, 0.25) is 0 Å². The number of anilines is 1. The maximum absolute atomic E-state index is 14.7. The first kappa shape index (κ1) is 46.5. The van der Waals surface area contributed by atoms with E-state index in [1.54, 1.807) is 18.2 Å². The van der Waals surface area contributed by atoms with Crippen LogP contribution >= 0.6 is 7.75 Å². The van der Waals surface area contributed by atoms with Crippen molar-refractivity contribution in [3.8, 4) is 18.1 Å². The van der Waals surface area contributed by atoms with Crippen molar-refractivity contribution in [3.05, 3.63) is 78.1 Å². The van der Waals surface area contributed by atoms with Gasteiger partial charge in [0.15, 0.2) is 22.6 Å². The standard InChI is InChI=1S/C43H56F3N6O7P/c1-3-5-6-7-8-9-10-11-12-13-14-15-16-20-23-56-41(54)35(26-31-24-32(44)27-33(45)25-31)51-60(55,59-34-21-18-17-19-22-34)57-29-43(4-2)36(53)28-37(58-43)52-30-48-38-39(47)49-42(46)50-40(38)52/h2,17-19,21-22,24-25,27,30,35-37,53H,3,5-16,20,23,26,28-29H2,1H3,(H,51,55)(H2,47,49,50)/t35-,36-,37+,43+,60?/m0/s1. The molecule has 0 saturated carbocycles. The third-order valence-electron chi connectivity index (χ3n) is 10.4. The minimum absolute atomic E-state index is 0.0186. The second-order valence-corrected chi connectivity index (χ2v) is 16.9. The summed E-state index contributed by atoms with van der Waals surface area (Å²) in [6.07, 6.45) is 19.3. The number of carbonyl (C=O) groups is 1. The van der Waals surface area contributed by atoms with Crippen LogP contribution in [0.5, 0.6) is 5.75 Å². The number of halogens is 3. The Morgan fingerprint density at radius 2 is 1.62 bits per heavy atom. The molecule has 5 rings (SSSR count). The van der Waals surface area contributed by atoms with E-state index in [1.807, 2.05) is 0 Å². The van der Waals surface area contributed by atoms with E-state index in [-0.39, 0.29) is 47.7 Å². The lowest BCUT2D eigenvalue weighted by molar-refractivity contribution is -0.146. The Morgan fingerprint density at radius 1 is 1.00 bits per heavy atom. The van der Waals surface area contributed by atoms with Gasteiger partial charge in [-0.25, -0.2) is 18.3 Å². The highest BCUT2D eigenvalue weighted by atomic mass is 31.2. The molecule has 0 aliphatic carbocycles. The van der Waals surface area contributed by atoms with Gasteiger partial charge >= 0.3 is 19.8 Å². The van der Waals surface area contributed by atoms with Gasteiger partial charge in [-0.2, -0.15) is 19.4 Å². The quantitative estimate of drug-likeness (QED) is 0.0180. The third kappa shape index (κ3) is 13.5. The molecule has 17 heteroatoms. The van der Waals surface area contributed by atoms with E-state index in [0.29, 0.717) is 12.5 Å². The van der Waals surface area contributed by atoms with Gasteiger partial charge in [0.25, 0.3) is 0 Å². The number of aliphatic hydroxyl groups is 1. The lowest BCUT2D eigenvalue weighted by Crippen LogP contribution is -2.44. The summed E-state index contributed by atoms with van der Waals surface area (Å²) in [7, 11) is -4.68. The molecule has 0 amide bonds. The van der Waals surface area contributed by atoms with Gasteiger partial charge in [-0.1, -0.05) is 115 Å². The lowest BCUT2D eigenvalue weighted by atomic mass is 9.99. The molecule has 5 atom stereocenters. The molecule has 1 aliphatic heterocycles. The van der Waals surface area contributed by atoms with Crippen LogP contribution in [0, 0.1) is 30.1 Å². The second-order valence-electron chi connectivity index (χ2n) is 15.2. The molecule has 0 radical (unpaired) electrons. The number of ether oxygens (including phenoxy) is 2. The zero-order chi connectivity index (χ0) is 43.0. The molecule has 2 aromatic heterocycles. The number of rotatable bonds is 26. The number of benzene rings is 2. The number of fused-ring (bicyclic) bond motifs is 1. The number of aliphatic hydroxyl groups excluding tert-OH is 1. The van der Waals surface area contributed by atoms with Crippen LogP contribution in [0.3, 0.4) is 0 Å². The van der Waals surface area contributed by atoms with Crippen LogP contribution in [0.2, 0.25) is 0 Å². The molecule has 13 nitrogen and oxygen atoms in total. The highest BCUT2D eigenvalue weighted by molar-refractivity contribution is 7.52. The largest absolute Gasteiger partial charge is 0.465 e. The van der Waals surface area contributed by atoms with E-state index in [9.17, 15) is 27.6 Å². The number of carbonyl (C=O) groups excluding carboxylic acids is 1. The number of nitrogen functional groups attached to an aromatic ring is 1. The average molecular weight is 857 g/mol. The van der Waals surface area contributed by atoms with Crippen LogP contribution in [0.4, 0.5) is 19.0 Å². The molecule has 0 spiro atoms. The first-order chi connectivity index (χ1) is 28.9. The highest BCUT2D eigenvalue weighted by Gasteiger charge is 2.50. The van der Waals surface area contributed by atoms with E-state index in [4.69, 9.17) is 30.7 Å². The maximum Gasteiger partial charge on any atom is 0.459 e. The minimum atomic E-state index is -4.68. The highest BCUT2D eigenvalue weighted by Crippen LogP contribution is 2.48. The predicted octanol–water partition coefficient (Wildman–Crippen LogP) is 8.91. The summed E-state index contributed by atoms with van der Waals surface area (Å²) in [6.45, 7) is 1.54. The Balaban J connectivity index is 1.23. The van der Waals surface area contributed by atoms with E-state index in [1.165, 1.54) is 80.8 Å². The van der Waals surface area contributed by atoms with Crippen LogP contribution in [0.15, 0.2) is 54.9 Å². The molecule has 3 heterocycles. The number of nitrogens with two attached hydrogens (primary N) is 1. The van der Waals surface area contributed by atoms with Crippen molar-refractivity contribution < 1.29 is 46.2 Å². The molecular formula is C43H56F3N6O7P. The van der Waals surface area contributed by atoms with Crippen molar-refractivity contribution >= 4 is 30.7 Å². The molecular weight excluding hydrogens is 800 g/mol. The first-order valence-electron chi connectivity index (χ1n) is 20.8. The van der Waals surface area contributed by atoms with Crippen LogP contribution in [-0.4, -0.2) is 61.6 Å². The van der Waals surface area contributed by atoms with Crippen molar-refractivity contribution in [1.82, 2.24) is 24.6 Å². The molecule has 1 aliphatic rings. The number of unbranched alkanes of at least 4 members (excludes halogenated alkanes) is 13. The Kier molecular flexibility index (Phi) is 17.8. The molecule has 1 saturated heterocycles. The number of aromatic nitrogens is 4. The van der Waals surface area contributed by atoms with Crippen molar-refractivity contribution in [1.29, 1.82) is 0 Å². The number of terminal acetylenes is 1. The number of hydrogen-bond donors (Lipinski definition) is 3. The topological polar surface area (TPSA) is 173 Å². The predicted molar refractivity (Wildman–Crippen MR) is 221 cm³/mol. The SMILES string of the molecule is C#C[C@]1(COP(=O)(N[C@@H](Cc2cc(F)cc(F)c2)C(=O)OCCCCCCCCCCCCCCCC)Oc2ccccc2)O[C@@H](n2cnc3c(N)nc(F)nc32)C[C@@H]1O. The van der Waals surface area contributed by atoms with Crippen molar-refractivity contribution in [2.24, 2.45) is 0 Å². The van der Waals surface area contributed by atoms with Crippen molar-refractivity contribution in [2.75, 3.05) is 18.9 Å². The fourth-order valence-electron chi connectivity index (χ4n) is 7.14. The third-order valence-corrected chi connectivity index (χ3v) is 12.0. The van der Waals surface area contributed by atoms with Crippen LogP contribution < -0.4 is 15.3 Å². The van der Waals surface area contributed by atoms with Crippen LogP contribution in [0.25, 0.3) is 11.2 Å². The lowest BCUT2D eigenvalue weighted by Gasteiger charge is -2.30. The van der Waals surface area contributed by atoms with Gasteiger partial charge in [0.05, 0.1) is 12.9 Å². The Bertz CT molecular complexity index is 2050. The second kappa shape index (κ2) is 22.9. The number of esters is 1. The van der Waals surface area contributed by atoms with Gasteiger partial charge in [-0.05, 0) is 42.7 Å². The van der Waals surface area contributed by atoms with Crippen molar-refractivity contribution in [2.45, 2.75) is 134 Å². The summed E-state index contributed by atoms with van der Waals surface area (Å²) in [6, 6.07) is 9.20. The fraction of sp³-hybridized carbons (Fsp3) is 0.535. The fourth-order valence-corrected chi connectivity index (χ4v) is 8.66. The molecule has 1 fully saturated rings. The summed E-state index contributed by atoms with van der Waals surface area (Å²) in [4.78, 5) is 25.0. The number of nitrogens with one attached hydrogen (secondary N) is 1. The molecule has 60 heavy (non-hydrogen) atoms. The van der Waals surface area contributed by atoms with E-state index in [2.05, 4.69) is 32.9 Å². The summed E-state index contributed by atoms with van der Waals surface area (Å²) < 4.78 is 82.2. The van der Waals surface area contributed by atoms with Gasteiger partial charge in [0, 0.05) is 12.5 Å². The summed E-state index contributed by atoms with van der Waals surface area (Å²) in [5.74, 6) is -0.363. The zero-order valence-corrected chi connectivity index (χ0v) is 35.0. The van der Waals surface area contributed by atoms with Gasteiger partial charge in [-0.15, -0.1) is 6.42 Å². The molecule has 2 aromatic carbocycles. The van der Waals surface area contributed by atoms with Crippen LogP contribution in [-0.2, 0) is 29.8 Å². The summed E-state index contributed by atoms with van der Waals surface area (Å²) in [5.41, 5.74) is 4.00.